The number of benzene rings is 1. The molecule has 3 rings (SSSR count). The molecular formula is C20H29N3O2. The van der Waals surface area contributed by atoms with Gasteiger partial charge in [-0.15, -0.1) is 0 Å². The van der Waals surface area contributed by atoms with Crippen molar-refractivity contribution in [3.8, 4) is 0 Å². The summed E-state index contributed by atoms with van der Waals surface area (Å²) in [6.07, 6.45) is 6.39. The van der Waals surface area contributed by atoms with E-state index < -0.39 is 0 Å². The van der Waals surface area contributed by atoms with Gasteiger partial charge < -0.3 is 10.2 Å². The number of rotatable bonds is 4. The van der Waals surface area contributed by atoms with E-state index in [1.54, 1.807) is 43.3 Å². The number of likely N-dealkylation sites (tertiary alicyclic amines) is 1. The summed E-state index contributed by atoms with van der Waals surface area (Å²) >= 11 is 0. The maximum atomic E-state index is 12.5. The van der Waals surface area contributed by atoms with Crippen molar-refractivity contribution < 1.29 is 9.59 Å². The van der Waals surface area contributed by atoms with Crippen LogP contribution in [-0.4, -0.2) is 54.3 Å². The summed E-state index contributed by atoms with van der Waals surface area (Å²) in [5.41, 5.74) is 1.37. The number of nitrogens with zero attached hydrogens (tertiary/aromatic N) is 2. The molecule has 25 heavy (non-hydrogen) atoms. The zero-order valence-corrected chi connectivity index (χ0v) is 15.5. The summed E-state index contributed by atoms with van der Waals surface area (Å²) < 4.78 is 0. The third kappa shape index (κ3) is 4.03. The lowest BCUT2D eigenvalue weighted by Crippen LogP contribution is -2.42. The van der Waals surface area contributed by atoms with Crippen molar-refractivity contribution in [2.75, 3.05) is 26.0 Å². The molecule has 0 bridgehead atoms. The highest BCUT2D eigenvalue weighted by Crippen LogP contribution is 2.39. The van der Waals surface area contributed by atoms with Gasteiger partial charge in [0.2, 0.25) is 5.91 Å². The van der Waals surface area contributed by atoms with Gasteiger partial charge in [-0.3, -0.25) is 14.5 Å². The van der Waals surface area contributed by atoms with Crippen LogP contribution < -0.4 is 5.32 Å². The second-order valence-corrected chi connectivity index (χ2v) is 7.69. The summed E-state index contributed by atoms with van der Waals surface area (Å²) in [4.78, 5) is 28.3. The van der Waals surface area contributed by atoms with E-state index in [2.05, 4.69) is 17.1 Å². The van der Waals surface area contributed by atoms with E-state index in [9.17, 15) is 9.59 Å². The molecule has 136 valence electrons. The highest BCUT2D eigenvalue weighted by molar-refractivity contribution is 5.96. The molecule has 1 aromatic carbocycles. The quantitative estimate of drug-likeness (QED) is 0.914. The number of anilines is 1. The molecule has 2 aliphatic rings. The lowest BCUT2D eigenvalue weighted by molar-refractivity contribution is -0.118. The minimum atomic E-state index is -0.0351. The fourth-order valence-corrected chi connectivity index (χ4v) is 4.39. The second-order valence-electron chi connectivity index (χ2n) is 7.69. The second kappa shape index (κ2) is 7.56. The van der Waals surface area contributed by atoms with Gasteiger partial charge in [0.15, 0.2) is 0 Å². The Morgan fingerprint density at radius 1 is 1.16 bits per heavy atom. The Labute approximate surface area is 150 Å². The van der Waals surface area contributed by atoms with Gasteiger partial charge >= 0.3 is 0 Å². The van der Waals surface area contributed by atoms with Crippen LogP contribution in [0.3, 0.4) is 0 Å². The molecule has 1 aliphatic carbocycles. The zero-order chi connectivity index (χ0) is 18.0. The van der Waals surface area contributed by atoms with Gasteiger partial charge in [0.25, 0.3) is 5.91 Å². The van der Waals surface area contributed by atoms with Crippen LogP contribution in [0.25, 0.3) is 0 Å². The molecule has 1 aromatic rings. The molecule has 1 heterocycles. The topological polar surface area (TPSA) is 52.7 Å². The molecule has 1 N–H and O–H groups in total. The molecule has 0 unspecified atom stereocenters. The molecule has 2 fully saturated rings. The van der Waals surface area contributed by atoms with Crippen molar-refractivity contribution in [1.29, 1.82) is 0 Å². The first-order valence-corrected chi connectivity index (χ1v) is 9.33. The molecule has 0 radical (unpaired) electrons. The van der Waals surface area contributed by atoms with Crippen molar-refractivity contribution in [3.05, 3.63) is 29.8 Å². The van der Waals surface area contributed by atoms with Crippen LogP contribution >= 0.6 is 0 Å². The Kier molecular flexibility index (Phi) is 5.42. The largest absolute Gasteiger partial charge is 0.345 e. The van der Waals surface area contributed by atoms with Crippen LogP contribution in [0.2, 0.25) is 0 Å². The van der Waals surface area contributed by atoms with E-state index >= 15 is 0 Å². The Balaban J connectivity index is 1.58. The van der Waals surface area contributed by atoms with Gasteiger partial charge in [0.05, 0.1) is 6.54 Å². The molecule has 5 nitrogen and oxygen atoms in total. The van der Waals surface area contributed by atoms with Gasteiger partial charge in [-0.25, -0.2) is 0 Å². The number of fused-ring (bicyclic) bond motifs is 1. The molecule has 2 amide bonds. The van der Waals surface area contributed by atoms with Crippen LogP contribution in [0.5, 0.6) is 0 Å². The highest BCUT2D eigenvalue weighted by Gasteiger charge is 2.40. The van der Waals surface area contributed by atoms with E-state index in [1.165, 1.54) is 32.1 Å². The predicted octanol–water partition coefficient (Wildman–Crippen LogP) is 2.98. The smallest absolute Gasteiger partial charge is 0.253 e. The molecule has 0 spiro atoms. The van der Waals surface area contributed by atoms with Crippen LogP contribution in [0.4, 0.5) is 5.69 Å². The van der Waals surface area contributed by atoms with Gasteiger partial charge in [-0.2, -0.15) is 0 Å². The number of hydrogen-bond acceptors (Lipinski definition) is 3. The fraction of sp³-hybridized carbons (Fsp3) is 0.600. The average molecular weight is 343 g/mol. The highest BCUT2D eigenvalue weighted by atomic mass is 16.2. The summed E-state index contributed by atoms with van der Waals surface area (Å²) in [6, 6.07) is 8.17. The fourth-order valence-electron chi connectivity index (χ4n) is 4.39. The lowest BCUT2D eigenvalue weighted by atomic mass is 9.85. The average Bonchev–Trinajstić information content (AvgIpc) is 2.90. The maximum absolute atomic E-state index is 12.5. The van der Waals surface area contributed by atoms with Crippen molar-refractivity contribution in [1.82, 2.24) is 9.80 Å². The van der Waals surface area contributed by atoms with Gasteiger partial charge in [0, 0.05) is 37.4 Å². The maximum Gasteiger partial charge on any atom is 0.253 e. The molecular weight excluding hydrogens is 314 g/mol. The van der Waals surface area contributed by atoms with Crippen molar-refractivity contribution in [3.63, 3.8) is 0 Å². The first kappa shape index (κ1) is 17.9. The minimum absolute atomic E-state index is 0.0322. The summed E-state index contributed by atoms with van der Waals surface area (Å²) in [7, 11) is 3.46. The number of amides is 2. The zero-order valence-electron chi connectivity index (χ0n) is 15.5. The monoisotopic (exact) mass is 343 g/mol. The van der Waals surface area contributed by atoms with E-state index in [4.69, 9.17) is 0 Å². The Morgan fingerprint density at radius 2 is 1.84 bits per heavy atom. The Hall–Kier alpha value is -1.88. The Morgan fingerprint density at radius 3 is 2.52 bits per heavy atom. The molecule has 1 saturated carbocycles. The molecule has 1 saturated heterocycles. The SMILES string of the molecule is C[C@@H]1C[C@H]2CCCC[C@@H]2N1CC(=O)Nc1ccc(C(=O)N(C)C)cc1. The molecule has 0 aromatic heterocycles. The van der Waals surface area contributed by atoms with Crippen LogP contribution in [0.15, 0.2) is 24.3 Å². The van der Waals surface area contributed by atoms with Gasteiger partial charge in [0.1, 0.15) is 0 Å². The number of carbonyl (C=O) groups excluding carboxylic acids is 2. The Bertz CT molecular complexity index is 626. The molecule has 5 heteroatoms. The summed E-state index contributed by atoms with van der Waals surface area (Å²) in [6.45, 7) is 2.70. The first-order valence-electron chi connectivity index (χ1n) is 9.33. The van der Waals surface area contributed by atoms with Crippen LogP contribution in [0.1, 0.15) is 49.4 Å². The van der Waals surface area contributed by atoms with Gasteiger partial charge in [-0.05, 0) is 56.4 Å². The van der Waals surface area contributed by atoms with E-state index in [-0.39, 0.29) is 11.8 Å². The normalized spacial score (nSPS) is 26.1. The van der Waals surface area contributed by atoms with Crippen molar-refractivity contribution in [2.24, 2.45) is 5.92 Å². The molecule has 1 aliphatic heterocycles. The standard InChI is InChI=1S/C20H29N3O2/c1-14-12-16-6-4-5-7-18(16)23(14)13-19(24)21-17-10-8-15(9-11-17)20(25)22(2)3/h8-11,14,16,18H,4-7,12-13H2,1-3H3,(H,21,24)/t14-,16-,18+/m1/s1. The lowest BCUT2D eigenvalue weighted by Gasteiger charge is -2.32. The van der Waals surface area contributed by atoms with E-state index in [0.717, 1.165) is 11.6 Å². The number of hydrogen-bond donors (Lipinski definition) is 1. The third-order valence-corrected chi connectivity index (χ3v) is 5.65. The summed E-state index contributed by atoms with van der Waals surface area (Å²) in [5.74, 6) is 0.768. The predicted molar refractivity (Wildman–Crippen MR) is 99.6 cm³/mol. The van der Waals surface area contributed by atoms with Crippen molar-refractivity contribution in [2.45, 2.75) is 51.1 Å². The first-order chi connectivity index (χ1) is 12.0. The van der Waals surface area contributed by atoms with Gasteiger partial charge in [-0.1, -0.05) is 12.8 Å². The minimum Gasteiger partial charge on any atom is -0.345 e. The van der Waals surface area contributed by atoms with E-state index in [0.29, 0.717) is 24.2 Å². The number of nitrogens with one attached hydrogen (secondary N) is 1. The number of carbonyl (C=O) groups is 2. The van der Waals surface area contributed by atoms with Crippen LogP contribution in [-0.2, 0) is 4.79 Å². The van der Waals surface area contributed by atoms with Crippen molar-refractivity contribution >= 4 is 17.5 Å². The van der Waals surface area contributed by atoms with E-state index in [1.807, 2.05) is 0 Å². The molecule has 3 atom stereocenters. The third-order valence-electron chi connectivity index (χ3n) is 5.65. The summed E-state index contributed by atoms with van der Waals surface area (Å²) in [5, 5.41) is 2.97. The van der Waals surface area contributed by atoms with Crippen LogP contribution in [0, 0.1) is 5.92 Å².